The van der Waals surface area contributed by atoms with Crippen molar-refractivity contribution in [2.75, 3.05) is 13.2 Å². The third-order valence-electron chi connectivity index (χ3n) is 3.50. The average molecular weight is 349 g/mol. The standard InChI is InChI=1S/C19H27NO5/c1-3-5-12-24-17(21)14-16(19(23)25-13-6-4-2)20-18(22)15-10-8-7-9-11-15/h7-11,16H,3-6,12-14H2,1-2H3,(H,20,22)/t16-/m0/s1. The van der Waals surface area contributed by atoms with E-state index in [1.807, 2.05) is 13.8 Å². The van der Waals surface area contributed by atoms with E-state index < -0.39 is 23.9 Å². The van der Waals surface area contributed by atoms with E-state index in [-0.39, 0.29) is 13.0 Å². The first-order chi connectivity index (χ1) is 12.1. The van der Waals surface area contributed by atoms with E-state index in [9.17, 15) is 14.4 Å². The van der Waals surface area contributed by atoms with E-state index >= 15 is 0 Å². The highest BCUT2D eigenvalue weighted by molar-refractivity contribution is 5.97. The minimum Gasteiger partial charge on any atom is -0.466 e. The number of rotatable bonds is 11. The van der Waals surface area contributed by atoms with Crippen molar-refractivity contribution < 1.29 is 23.9 Å². The van der Waals surface area contributed by atoms with Crippen LogP contribution in [0.15, 0.2) is 30.3 Å². The van der Waals surface area contributed by atoms with Crippen molar-refractivity contribution in [2.45, 2.75) is 52.0 Å². The Balaban J connectivity index is 2.67. The van der Waals surface area contributed by atoms with Crippen molar-refractivity contribution >= 4 is 17.8 Å². The first kappa shape index (κ1) is 20.7. The van der Waals surface area contributed by atoms with Crippen LogP contribution in [-0.4, -0.2) is 37.1 Å². The smallest absolute Gasteiger partial charge is 0.329 e. The third-order valence-corrected chi connectivity index (χ3v) is 3.50. The molecule has 1 amide bonds. The summed E-state index contributed by atoms with van der Waals surface area (Å²) in [6, 6.07) is 7.45. The predicted octanol–water partition coefficient (Wildman–Crippen LogP) is 2.86. The summed E-state index contributed by atoms with van der Waals surface area (Å²) in [4.78, 5) is 36.4. The maximum atomic E-state index is 12.3. The topological polar surface area (TPSA) is 81.7 Å². The van der Waals surface area contributed by atoms with Crippen molar-refractivity contribution in [3.8, 4) is 0 Å². The van der Waals surface area contributed by atoms with Gasteiger partial charge in [0.25, 0.3) is 5.91 Å². The van der Waals surface area contributed by atoms with Crippen LogP contribution in [0, 0.1) is 0 Å². The SMILES string of the molecule is CCCCOC(=O)C[C@H](NC(=O)c1ccccc1)C(=O)OCCCC. The molecule has 1 rings (SSSR count). The van der Waals surface area contributed by atoms with Gasteiger partial charge >= 0.3 is 11.9 Å². The van der Waals surface area contributed by atoms with Gasteiger partial charge in [0.2, 0.25) is 0 Å². The molecular formula is C19H27NO5. The highest BCUT2D eigenvalue weighted by Crippen LogP contribution is 2.05. The van der Waals surface area contributed by atoms with Crippen molar-refractivity contribution in [3.63, 3.8) is 0 Å². The zero-order valence-corrected chi connectivity index (χ0v) is 15.0. The van der Waals surface area contributed by atoms with Gasteiger partial charge in [0, 0.05) is 5.56 Å². The number of hydrogen-bond donors (Lipinski definition) is 1. The fourth-order valence-corrected chi connectivity index (χ4v) is 2.00. The van der Waals surface area contributed by atoms with E-state index in [1.165, 1.54) is 0 Å². The number of unbranched alkanes of at least 4 members (excludes halogenated alkanes) is 2. The molecule has 0 aromatic heterocycles. The van der Waals surface area contributed by atoms with Gasteiger partial charge in [0.05, 0.1) is 19.6 Å². The Morgan fingerprint density at radius 3 is 2.16 bits per heavy atom. The Hall–Kier alpha value is -2.37. The Morgan fingerprint density at radius 2 is 1.56 bits per heavy atom. The Kier molecular flexibility index (Phi) is 9.97. The van der Waals surface area contributed by atoms with Crippen molar-refractivity contribution in [3.05, 3.63) is 35.9 Å². The fourth-order valence-electron chi connectivity index (χ4n) is 2.00. The zero-order valence-electron chi connectivity index (χ0n) is 15.0. The monoisotopic (exact) mass is 349 g/mol. The molecule has 0 saturated heterocycles. The van der Waals surface area contributed by atoms with Crippen LogP contribution in [0.2, 0.25) is 0 Å². The van der Waals surface area contributed by atoms with Crippen LogP contribution in [0.3, 0.4) is 0 Å². The molecule has 138 valence electrons. The summed E-state index contributed by atoms with van der Waals surface area (Å²) >= 11 is 0. The molecule has 25 heavy (non-hydrogen) atoms. The largest absolute Gasteiger partial charge is 0.466 e. The lowest BCUT2D eigenvalue weighted by Crippen LogP contribution is -2.43. The first-order valence-electron chi connectivity index (χ1n) is 8.76. The molecule has 1 N–H and O–H groups in total. The number of hydrogen-bond acceptors (Lipinski definition) is 5. The van der Waals surface area contributed by atoms with Gasteiger partial charge in [-0.3, -0.25) is 9.59 Å². The number of amides is 1. The van der Waals surface area contributed by atoms with Gasteiger partial charge in [-0.05, 0) is 25.0 Å². The molecule has 0 aliphatic heterocycles. The molecule has 0 bridgehead atoms. The summed E-state index contributed by atoms with van der Waals surface area (Å²) in [5, 5.41) is 2.57. The highest BCUT2D eigenvalue weighted by atomic mass is 16.5. The summed E-state index contributed by atoms with van der Waals surface area (Å²) in [6.45, 7) is 4.53. The van der Waals surface area contributed by atoms with Gasteiger partial charge in [0.15, 0.2) is 0 Å². The second-order valence-corrected chi connectivity index (χ2v) is 5.69. The maximum absolute atomic E-state index is 12.3. The van der Waals surface area contributed by atoms with Crippen molar-refractivity contribution in [1.82, 2.24) is 5.32 Å². The summed E-state index contributed by atoms with van der Waals surface area (Å²) in [7, 11) is 0. The van der Waals surface area contributed by atoms with Gasteiger partial charge in [0.1, 0.15) is 6.04 Å². The van der Waals surface area contributed by atoms with Crippen LogP contribution >= 0.6 is 0 Å². The van der Waals surface area contributed by atoms with Crippen molar-refractivity contribution in [1.29, 1.82) is 0 Å². The van der Waals surface area contributed by atoms with Gasteiger partial charge in [-0.1, -0.05) is 44.9 Å². The molecule has 0 spiro atoms. The summed E-state index contributed by atoms with van der Waals surface area (Å²) < 4.78 is 10.2. The van der Waals surface area contributed by atoms with Crippen molar-refractivity contribution in [2.24, 2.45) is 0 Å². The molecule has 1 aromatic rings. The van der Waals surface area contributed by atoms with E-state index in [4.69, 9.17) is 9.47 Å². The number of carbonyl (C=O) groups is 3. The lowest BCUT2D eigenvalue weighted by Gasteiger charge is -2.17. The van der Waals surface area contributed by atoms with Gasteiger partial charge < -0.3 is 14.8 Å². The van der Waals surface area contributed by atoms with E-state index in [1.54, 1.807) is 30.3 Å². The van der Waals surface area contributed by atoms with E-state index in [2.05, 4.69) is 5.32 Å². The summed E-state index contributed by atoms with van der Waals surface area (Å²) in [5.74, 6) is -1.58. The number of nitrogens with one attached hydrogen (secondary N) is 1. The third kappa shape index (κ3) is 8.33. The quantitative estimate of drug-likeness (QED) is 0.491. The lowest BCUT2D eigenvalue weighted by atomic mass is 10.1. The van der Waals surface area contributed by atoms with E-state index in [0.29, 0.717) is 12.2 Å². The fraction of sp³-hybridized carbons (Fsp3) is 0.526. The normalized spacial score (nSPS) is 11.4. The number of benzene rings is 1. The number of ether oxygens (including phenoxy) is 2. The van der Waals surface area contributed by atoms with E-state index in [0.717, 1.165) is 25.7 Å². The maximum Gasteiger partial charge on any atom is 0.329 e. The van der Waals surface area contributed by atoms with Crippen LogP contribution < -0.4 is 5.32 Å². The zero-order chi connectivity index (χ0) is 18.5. The molecule has 0 saturated carbocycles. The summed E-state index contributed by atoms with van der Waals surface area (Å²) in [5.41, 5.74) is 0.410. The van der Waals surface area contributed by atoms with Gasteiger partial charge in [-0.25, -0.2) is 4.79 Å². The van der Waals surface area contributed by atoms with Gasteiger partial charge in [-0.15, -0.1) is 0 Å². The van der Waals surface area contributed by atoms with Crippen LogP contribution in [0.4, 0.5) is 0 Å². The molecular weight excluding hydrogens is 322 g/mol. The Bertz CT molecular complexity index is 544. The van der Waals surface area contributed by atoms with Crippen LogP contribution in [-0.2, 0) is 19.1 Å². The molecule has 1 aromatic carbocycles. The molecule has 6 heteroatoms. The molecule has 0 heterocycles. The first-order valence-corrected chi connectivity index (χ1v) is 8.76. The molecule has 0 fully saturated rings. The van der Waals surface area contributed by atoms with Crippen LogP contribution in [0.1, 0.15) is 56.3 Å². The predicted molar refractivity (Wildman–Crippen MR) is 94.0 cm³/mol. The molecule has 0 aliphatic rings. The van der Waals surface area contributed by atoms with Gasteiger partial charge in [-0.2, -0.15) is 0 Å². The highest BCUT2D eigenvalue weighted by Gasteiger charge is 2.26. The molecule has 0 radical (unpaired) electrons. The number of carbonyl (C=O) groups excluding carboxylic acids is 3. The summed E-state index contributed by atoms with van der Waals surface area (Å²) in [6.07, 6.45) is 3.03. The molecule has 6 nitrogen and oxygen atoms in total. The minimum absolute atomic E-state index is 0.243. The second kappa shape index (κ2) is 12.1. The molecule has 0 unspecified atom stereocenters. The number of esters is 2. The van der Waals surface area contributed by atoms with Crippen LogP contribution in [0.25, 0.3) is 0 Å². The lowest BCUT2D eigenvalue weighted by molar-refractivity contribution is -0.152. The molecule has 1 atom stereocenters. The Morgan fingerprint density at radius 1 is 0.960 bits per heavy atom. The Labute approximate surface area is 148 Å². The second-order valence-electron chi connectivity index (χ2n) is 5.69. The minimum atomic E-state index is -1.06. The average Bonchev–Trinajstić information content (AvgIpc) is 2.62. The van der Waals surface area contributed by atoms with Crippen LogP contribution in [0.5, 0.6) is 0 Å². The molecule has 0 aliphatic carbocycles.